The fourth-order valence-corrected chi connectivity index (χ4v) is 3.30. The molecule has 0 bridgehead atoms. The number of nitrogen functional groups attached to an aromatic ring is 1. The third kappa shape index (κ3) is 3.39. The SMILES string of the molecule is CCCc1nc(N)c2ncn([C@@H]3O[C@H](COc4ccccc4)[C@@H](O)[C@H]3O)c2n1. The number of rotatable bonds is 6. The number of para-hydroxylation sites is 1. The smallest absolute Gasteiger partial charge is 0.167 e. The van der Waals surface area contributed by atoms with E-state index in [1.165, 1.54) is 6.33 Å². The molecule has 1 saturated heterocycles. The minimum atomic E-state index is -1.16. The normalized spacial score (nSPS) is 24.7. The number of aliphatic hydroxyl groups is 2. The summed E-state index contributed by atoms with van der Waals surface area (Å²) in [5.74, 6) is 1.55. The van der Waals surface area contributed by atoms with Crippen molar-refractivity contribution in [1.29, 1.82) is 0 Å². The standard InChI is InChI=1S/C19H23N5O4/c1-2-6-13-22-17(20)14-18(23-13)24(10-21-14)19-16(26)15(25)12(28-19)9-27-11-7-4-3-5-8-11/h3-5,7-8,10,12,15-16,19,25-26H,2,6,9H2,1H3,(H2,20,22,23)/t12-,15-,16-,19-/m1/s1. The molecule has 0 radical (unpaired) electrons. The molecule has 1 aliphatic heterocycles. The molecule has 1 aliphatic rings. The molecule has 0 saturated carbocycles. The molecular formula is C19H23N5O4. The fourth-order valence-electron chi connectivity index (χ4n) is 3.30. The number of nitrogens with zero attached hydrogens (tertiary/aromatic N) is 4. The third-order valence-electron chi connectivity index (χ3n) is 4.74. The number of hydrogen-bond donors (Lipinski definition) is 3. The molecule has 2 aromatic heterocycles. The second kappa shape index (κ2) is 7.70. The number of anilines is 1. The minimum absolute atomic E-state index is 0.101. The highest BCUT2D eigenvalue weighted by Crippen LogP contribution is 2.32. The lowest BCUT2D eigenvalue weighted by molar-refractivity contribution is -0.0474. The van der Waals surface area contributed by atoms with E-state index in [2.05, 4.69) is 15.0 Å². The molecule has 0 aliphatic carbocycles. The maximum absolute atomic E-state index is 10.5. The van der Waals surface area contributed by atoms with Crippen molar-refractivity contribution in [3.63, 3.8) is 0 Å². The molecule has 1 fully saturated rings. The average molecular weight is 385 g/mol. The van der Waals surface area contributed by atoms with Gasteiger partial charge in [-0.05, 0) is 18.6 Å². The summed E-state index contributed by atoms with van der Waals surface area (Å²) in [6.45, 7) is 2.13. The Morgan fingerprint density at radius 2 is 1.96 bits per heavy atom. The molecule has 4 N–H and O–H groups in total. The molecule has 3 heterocycles. The number of hydrogen-bond acceptors (Lipinski definition) is 8. The number of nitrogens with two attached hydrogens (primary N) is 1. The van der Waals surface area contributed by atoms with Gasteiger partial charge in [0.05, 0.1) is 6.33 Å². The number of aromatic nitrogens is 4. The zero-order chi connectivity index (χ0) is 19.7. The highest BCUT2D eigenvalue weighted by molar-refractivity contribution is 5.81. The van der Waals surface area contributed by atoms with Crippen LogP contribution in [-0.4, -0.2) is 54.7 Å². The van der Waals surface area contributed by atoms with E-state index in [9.17, 15) is 10.2 Å². The maximum Gasteiger partial charge on any atom is 0.167 e. The van der Waals surface area contributed by atoms with Gasteiger partial charge in [-0.1, -0.05) is 25.1 Å². The topological polar surface area (TPSA) is 129 Å². The summed E-state index contributed by atoms with van der Waals surface area (Å²) in [5, 5.41) is 21.0. The summed E-state index contributed by atoms with van der Waals surface area (Å²) in [6.07, 6.45) is -0.783. The second-order valence-corrected chi connectivity index (χ2v) is 6.77. The summed E-state index contributed by atoms with van der Waals surface area (Å²) in [7, 11) is 0. The zero-order valence-electron chi connectivity index (χ0n) is 15.5. The van der Waals surface area contributed by atoms with E-state index in [0.717, 1.165) is 6.42 Å². The van der Waals surface area contributed by atoms with Gasteiger partial charge in [0.15, 0.2) is 17.7 Å². The summed E-state index contributed by atoms with van der Waals surface area (Å²) >= 11 is 0. The molecule has 0 unspecified atom stereocenters. The van der Waals surface area contributed by atoms with Crippen LogP contribution in [0.4, 0.5) is 5.82 Å². The van der Waals surface area contributed by atoms with Crippen molar-refractivity contribution >= 4 is 17.0 Å². The van der Waals surface area contributed by atoms with Crippen molar-refractivity contribution in [3.8, 4) is 5.75 Å². The van der Waals surface area contributed by atoms with Crippen molar-refractivity contribution in [3.05, 3.63) is 42.5 Å². The Balaban J connectivity index is 1.57. The molecular weight excluding hydrogens is 362 g/mol. The van der Waals surface area contributed by atoms with Crippen LogP contribution < -0.4 is 10.5 Å². The number of imidazole rings is 1. The zero-order valence-corrected chi connectivity index (χ0v) is 15.5. The van der Waals surface area contributed by atoms with Gasteiger partial charge in [0, 0.05) is 6.42 Å². The number of benzene rings is 1. The van der Waals surface area contributed by atoms with Crippen LogP contribution in [0.2, 0.25) is 0 Å². The van der Waals surface area contributed by atoms with Crippen LogP contribution >= 0.6 is 0 Å². The molecule has 9 heteroatoms. The van der Waals surface area contributed by atoms with E-state index in [1.54, 1.807) is 4.57 Å². The molecule has 9 nitrogen and oxygen atoms in total. The Bertz CT molecular complexity index is 948. The van der Waals surface area contributed by atoms with E-state index >= 15 is 0 Å². The van der Waals surface area contributed by atoms with Gasteiger partial charge in [0.25, 0.3) is 0 Å². The molecule has 148 valence electrons. The Morgan fingerprint density at radius 1 is 1.18 bits per heavy atom. The Hall–Kier alpha value is -2.75. The van der Waals surface area contributed by atoms with Gasteiger partial charge in [0.1, 0.15) is 42.0 Å². The summed E-state index contributed by atoms with van der Waals surface area (Å²) in [6, 6.07) is 9.22. The summed E-state index contributed by atoms with van der Waals surface area (Å²) < 4.78 is 13.1. The summed E-state index contributed by atoms with van der Waals surface area (Å²) in [5.41, 5.74) is 6.91. The van der Waals surface area contributed by atoms with Crippen LogP contribution in [-0.2, 0) is 11.2 Å². The molecule has 4 atom stereocenters. The van der Waals surface area contributed by atoms with E-state index in [1.807, 2.05) is 37.3 Å². The van der Waals surface area contributed by atoms with Crippen molar-refractivity contribution in [1.82, 2.24) is 19.5 Å². The van der Waals surface area contributed by atoms with Crippen LogP contribution in [0.25, 0.3) is 11.2 Å². The predicted octanol–water partition coefficient (Wildman–Crippen LogP) is 1.06. The van der Waals surface area contributed by atoms with Crippen LogP contribution in [0.5, 0.6) is 5.75 Å². The lowest BCUT2D eigenvalue weighted by Crippen LogP contribution is -2.34. The van der Waals surface area contributed by atoms with Gasteiger partial charge in [0.2, 0.25) is 0 Å². The Labute approximate surface area is 161 Å². The quantitative estimate of drug-likeness (QED) is 0.574. The maximum atomic E-state index is 10.5. The van der Waals surface area contributed by atoms with Gasteiger partial charge in [-0.15, -0.1) is 0 Å². The average Bonchev–Trinajstić information content (AvgIpc) is 3.23. The highest BCUT2D eigenvalue weighted by Gasteiger charge is 2.44. The first-order valence-corrected chi connectivity index (χ1v) is 9.27. The highest BCUT2D eigenvalue weighted by atomic mass is 16.6. The molecule has 28 heavy (non-hydrogen) atoms. The number of aryl methyl sites for hydroxylation is 1. The third-order valence-corrected chi connectivity index (χ3v) is 4.74. The largest absolute Gasteiger partial charge is 0.491 e. The lowest BCUT2D eigenvalue weighted by atomic mass is 10.1. The number of aliphatic hydroxyl groups excluding tert-OH is 2. The first-order valence-electron chi connectivity index (χ1n) is 9.27. The summed E-state index contributed by atoms with van der Waals surface area (Å²) in [4.78, 5) is 13.0. The first kappa shape index (κ1) is 18.6. The van der Waals surface area contributed by atoms with Gasteiger partial charge >= 0.3 is 0 Å². The van der Waals surface area contributed by atoms with Crippen LogP contribution in [0.1, 0.15) is 25.4 Å². The van der Waals surface area contributed by atoms with Gasteiger partial charge in [-0.25, -0.2) is 15.0 Å². The van der Waals surface area contributed by atoms with Gasteiger partial charge < -0.3 is 25.4 Å². The van der Waals surface area contributed by atoms with E-state index in [0.29, 0.717) is 29.2 Å². The molecule has 3 aromatic rings. The first-order chi connectivity index (χ1) is 13.6. The molecule has 4 rings (SSSR count). The molecule has 0 spiro atoms. The van der Waals surface area contributed by atoms with Gasteiger partial charge in [-0.2, -0.15) is 0 Å². The number of fused-ring (bicyclic) bond motifs is 1. The van der Waals surface area contributed by atoms with Gasteiger partial charge in [-0.3, -0.25) is 4.57 Å². The van der Waals surface area contributed by atoms with E-state index in [4.69, 9.17) is 15.2 Å². The van der Waals surface area contributed by atoms with Crippen LogP contribution in [0, 0.1) is 0 Å². The van der Waals surface area contributed by atoms with Crippen molar-refractivity contribution in [2.24, 2.45) is 0 Å². The van der Waals surface area contributed by atoms with Crippen LogP contribution in [0.15, 0.2) is 36.7 Å². The Morgan fingerprint density at radius 3 is 2.71 bits per heavy atom. The van der Waals surface area contributed by atoms with Crippen molar-refractivity contribution in [2.75, 3.05) is 12.3 Å². The monoisotopic (exact) mass is 385 g/mol. The van der Waals surface area contributed by atoms with Crippen LogP contribution in [0.3, 0.4) is 0 Å². The lowest BCUT2D eigenvalue weighted by Gasteiger charge is -2.17. The fraction of sp³-hybridized carbons (Fsp3) is 0.421. The van der Waals surface area contributed by atoms with E-state index in [-0.39, 0.29) is 12.4 Å². The molecule has 0 amide bonds. The minimum Gasteiger partial charge on any atom is -0.491 e. The molecule has 1 aromatic carbocycles. The Kier molecular flexibility index (Phi) is 5.12. The van der Waals surface area contributed by atoms with Crippen molar-refractivity contribution < 1.29 is 19.7 Å². The second-order valence-electron chi connectivity index (χ2n) is 6.77. The predicted molar refractivity (Wildman–Crippen MR) is 102 cm³/mol. The number of ether oxygens (including phenoxy) is 2. The van der Waals surface area contributed by atoms with Crippen molar-refractivity contribution in [2.45, 2.75) is 44.3 Å². The van der Waals surface area contributed by atoms with E-state index < -0.39 is 24.5 Å².